The fraction of sp³-hybridized carbons (Fsp3) is 0.200. The van der Waals surface area contributed by atoms with Crippen LogP contribution in [0.5, 0.6) is 0 Å². The molecule has 0 aliphatic carbocycles. The number of halogens is 1. The third-order valence-corrected chi connectivity index (χ3v) is 4.68. The minimum absolute atomic E-state index is 0.0359. The van der Waals surface area contributed by atoms with Crippen LogP contribution in [0.3, 0.4) is 0 Å². The van der Waals surface area contributed by atoms with Crippen molar-refractivity contribution in [1.82, 2.24) is 4.72 Å². The van der Waals surface area contributed by atoms with Crippen LogP contribution in [0.1, 0.15) is 11.1 Å². The van der Waals surface area contributed by atoms with Gasteiger partial charge in [0.25, 0.3) is 0 Å². The van der Waals surface area contributed by atoms with Crippen molar-refractivity contribution in [2.75, 3.05) is 12.3 Å². The first-order valence-electron chi connectivity index (χ1n) is 6.49. The summed E-state index contributed by atoms with van der Waals surface area (Å²) in [6, 6.07) is 11.1. The van der Waals surface area contributed by atoms with Gasteiger partial charge in [-0.15, -0.1) is 0 Å². The maximum absolute atomic E-state index is 13.1. The van der Waals surface area contributed by atoms with Crippen molar-refractivity contribution in [3.05, 3.63) is 59.4 Å². The van der Waals surface area contributed by atoms with Crippen LogP contribution >= 0.6 is 0 Å². The Hall–Kier alpha value is -1.92. The molecule has 0 bridgehead atoms. The molecule has 0 unspecified atom stereocenters. The number of benzene rings is 2. The molecule has 0 saturated heterocycles. The van der Waals surface area contributed by atoms with E-state index in [2.05, 4.69) is 4.72 Å². The average Bonchev–Trinajstić information content (AvgIpc) is 2.44. The number of rotatable bonds is 5. The molecule has 0 saturated carbocycles. The van der Waals surface area contributed by atoms with Crippen molar-refractivity contribution in [1.29, 1.82) is 0 Å². The standard InChI is InChI=1S/C15H17FN2O2S/c1-11-4-2-3-5-12(11)8-9-18-21(19,20)13-6-7-14(16)15(17)10-13/h2-7,10,18H,8-9,17H2,1H3. The number of nitrogen functional groups attached to an aromatic ring is 1. The fourth-order valence-electron chi connectivity index (χ4n) is 1.98. The second-order valence-corrected chi connectivity index (χ2v) is 6.52. The zero-order chi connectivity index (χ0) is 15.5. The third kappa shape index (κ3) is 3.80. The largest absolute Gasteiger partial charge is 0.396 e. The van der Waals surface area contributed by atoms with Gasteiger partial charge >= 0.3 is 0 Å². The van der Waals surface area contributed by atoms with Crippen LogP contribution < -0.4 is 10.5 Å². The van der Waals surface area contributed by atoms with Crippen LogP contribution in [0, 0.1) is 12.7 Å². The van der Waals surface area contributed by atoms with Crippen molar-refractivity contribution in [3.8, 4) is 0 Å². The summed E-state index contributed by atoms with van der Waals surface area (Å²) in [7, 11) is -3.68. The summed E-state index contributed by atoms with van der Waals surface area (Å²) in [6.07, 6.45) is 0.586. The highest BCUT2D eigenvalue weighted by atomic mass is 32.2. The molecule has 4 nitrogen and oxygen atoms in total. The quantitative estimate of drug-likeness (QED) is 0.832. The summed E-state index contributed by atoms with van der Waals surface area (Å²) >= 11 is 0. The van der Waals surface area contributed by atoms with E-state index in [1.807, 2.05) is 31.2 Å². The Morgan fingerprint density at radius 1 is 1.19 bits per heavy atom. The molecule has 2 rings (SSSR count). The van der Waals surface area contributed by atoms with E-state index in [4.69, 9.17) is 5.73 Å². The van der Waals surface area contributed by atoms with E-state index in [1.165, 1.54) is 6.07 Å². The Balaban J connectivity index is 2.05. The van der Waals surface area contributed by atoms with E-state index in [-0.39, 0.29) is 17.1 Å². The summed E-state index contributed by atoms with van der Waals surface area (Å²) in [5.41, 5.74) is 7.40. The Morgan fingerprint density at radius 3 is 2.57 bits per heavy atom. The zero-order valence-electron chi connectivity index (χ0n) is 11.6. The van der Waals surface area contributed by atoms with Gasteiger partial charge < -0.3 is 5.73 Å². The smallest absolute Gasteiger partial charge is 0.240 e. The molecule has 112 valence electrons. The lowest BCUT2D eigenvalue weighted by Crippen LogP contribution is -2.26. The molecule has 0 spiro atoms. The molecule has 0 fully saturated rings. The second kappa shape index (κ2) is 6.24. The van der Waals surface area contributed by atoms with Crippen molar-refractivity contribution in [3.63, 3.8) is 0 Å². The van der Waals surface area contributed by atoms with Crippen molar-refractivity contribution in [2.24, 2.45) is 0 Å². The van der Waals surface area contributed by atoms with Crippen LogP contribution in [0.4, 0.5) is 10.1 Å². The number of nitrogens with one attached hydrogen (secondary N) is 1. The lowest BCUT2D eigenvalue weighted by Gasteiger charge is -2.09. The summed E-state index contributed by atoms with van der Waals surface area (Å²) in [5.74, 6) is -0.631. The number of sulfonamides is 1. The third-order valence-electron chi connectivity index (χ3n) is 3.23. The summed E-state index contributed by atoms with van der Waals surface area (Å²) in [6.45, 7) is 2.25. The van der Waals surface area contributed by atoms with Crippen LogP contribution in [-0.4, -0.2) is 15.0 Å². The van der Waals surface area contributed by atoms with Gasteiger partial charge in [0.05, 0.1) is 10.6 Å². The predicted molar refractivity (Wildman–Crippen MR) is 80.9 cm³/mol. The highest BCUT2D eigenvalue weighted by Gasteiger charge is 2.15. The molecule has 6 heteroatoms. The van der Waals surface area contributed by atoms with Gasteiger partial charge in [0, 0.05) is 6.54 Å². The lowest BCUT2D eigenvalue weighted by molar-refractivity contribution is 0.581. The first kappa shape index (κ1) is 15.5. The van der Waals surface area contributed by atoms with E-state index in [9.17, 15) is 12.8 Å². The van der Waals surface area contributed by atoms with Crippen LogP contribution in [0.2, 0.25) is 0 Å². The maximum Gasteiger partial charge on any atom is 0.240 e. The number of hydrogen-bond acceptors (Lipinski definition) is 3. The monoisotopic (exact) mass is 308 g/mol. The Kier molecular flexibility index (Phi) is 4.59. The summed E-state index contributed by atoms with van der Waals surface area (Å²) in [5, 5.41) is 0. The second-order valence-electron chi connectivity index (χ2n) is 4.76. The molecule has 0 aliphatic heterocycles. The Morgan fingerprint density at radius 2 is 1.90 bits per heavy atom. The van der Waals surface area contributed by atoms with Crippen LogP contribution in [0.25, 0.3) is 0 Å². The molecule has 0 heterocycles. The maximum atomic E-state index is 13.1. The van der Waals surface area contributed by atoms with Gasteiger partial charge in [0.2, 0.25) is 10.0 Å². The highest BCUT2D eigenvalue weighted by molar-refractivity contribution is 7.89. The van der Waals surface area contributed by atoms with Crippen LogP contribution in [0.15, 0.2) is 47.4 Å². The molecule has 0 aromatic heterocycles. The average molecular weight is 308 g/mol. The van der Waals surface area contributed by atoms with Crippen molar-refractivity contribution in [2.45, 2.75) is 18.2 Å². The minimum atomic E-state index is -3.68. The summed E-state index contributed by atoms with van der Waals surface area (Å²) < 4.78 is 39.7. The van der Waals surface area contributed by atoms with Crippen molar-refractivity contribution >= 4 is 15.7 Å². The van der Waals surface area contributed by atoms with Crippen molar-refractivity contribution < 1.29 is 12.8 Å². The normalized spacial score (nSPS) is 11.5. The zero-order valence-corrected chi connectivity index (χ0v) is 12.5. The lowest BCUT2D eigenvalue weighted by atomic mass is 10.1. The number of nitrogens with two attached hydrogens (primary N) is 1. The number of aryl methyl sites for hydroxylation is 1. The van der Waals surface area contributed by atoms with Gasteiger partial charge in [-0.3, -0.25) is 0 Å². The first-order valence-corrected chi connectivity index (χ1v) is 7.97. The molecular formula is C15H17FN2O2S. The van der Waals surface area contributed by atoms with E-state index in [1.54, 1.807) is 0 Å². The Bertz CT molecular complexity index is 745. The minimum Gasteiger partial charge on any atom is -0.396 e. The molecule has 0 atom stereocenters. The van der Waals surface area contributed by atoms with Gasteiger partial charge in [-0.2, -0.15) is 0 Å². The van der Waals surface area contributed by atoms with E-state index < -0.39 is 15.8 Å². The van der Waals surface area contributed by atoms with E-state index in [0.29, 0.717) is 6.42 Å². The van der Waals surface area contributed by atoms with Gasteiger partial charge in [0.1, 0.15) is 5.82 Å². The fourth-order valence-corrected chi connectivity index (χ4v) is 3.05. The number of hydrogen-bond donors (Lipinski definition) is 2. The summed E-state index contributed by atoms with van der Waals surface area (Å²) in [4.78, 5) is -0.0359. The molecule has 2 aromatic rings. The molecule has 3 N–H and O–H groups in total. The molecule has 0 aliphatic rings. The van der Waals surface area contributed by atoms with E-state index >= 15 is 0 Å². The van der Waals surface area contributed by atoms with E-state index in [0.717, 1.165) is 23.3 Å². The Labute approximate surface area is 123 Å². The molecular weight excluding hydrogens is 291 g/mol. The van der Waals surface area contributed by atoms with Gasteiger partial charge in [-0.1, -0.05) is 24.3 Å². The molecule has 21 heavy (non-hydrogen) atoms. The van der Waals surface area contributed by atoms with Gasteiger partial charge in [-0.05, 0) is 42.7 Å². The predicted octanol–water partition coefficient (Wildman–Crippen LogP) is 2.24. The SMILES string of the molecule is Cc1ccccc1CCNS(=O)(=O)c1ccc(F)c(N)c1. The first-order chi connectivity index (χ1) is 9.90. The number of anilines is 1. The molecule has 0 amide bonds. The van der Waals surface area contributed by atoms with Crippen LogP contribution in [-0.2, 0) is 16.4 Å². The highest BCUT2D eigenvalue weighted by Crippen LogP contribution is 2.16. The topological polar surface area (TPSA) is 72.2 Å². The molecule has 2 aromatic carbocycles. The van der Waals surface area contributed by atoms with Gasteiger partial charge in [0.15, 0.2) is 0 Å². The van der Waals surface area contributed by atoms with Gasteiger partial charge in [-0.25, -0.2) is 17.5 Å². The molecule has 0 radical (unpaired) electrons.